The number of halogens is 1. The summed E-state index contributed by atoms with van der Waals surface area (Å²) in [5.41, 5.74) is 0. The van der Waals surface area contributed by atoms with E-state index in [0.29, 0.717) is 35.4 Å². The third-order valence-electron chi connectivity index (χ3n) is 3.00. The molecule has 1 saturated heterocycles. The zero-order chi connectivity index (χ0) is 14.0. The van der Waals surface area contributed by atoms with Crippen LogP contribution in [-0.4, -0.2) is 53.6 Å². The first kappa shape index (κ1) is 14.0. The lowest BCUT2D eigenvalue weighted by atomic mass is 10.2. The zero-order valence-corrected chi connectivity index (χ0v) is 12.0. The molecule has 0 bridgehead atoms. The summed E-state index contributed by atoms with van der Waals surface area (Å²) in [6.45, 7) is 3.22. The van der Waals surface area contributed by atoms with Crippen molar-refractivity contribution in [1.29, 1.82) is 0 Å². The van der Waals surface area contributed by atoms with Crippen molar-refractivity contribution < 1.29 is 14.4 Å². The van der Waals surface area contributed by atoms with Gasteiger partial charge in [-0.1, -0.05) is 11.6 Å². The molecule has 1 aromatic heterocycles. The van der Waals surface area contributed by atoms with E-state index in [9.17, 15) is 14.4 Å². The van der Waals surface area contributed by atoms with Gasteiger partial charge in [0.2, 0.25) is 5.91 Å². The first-order valence-electron chi connectivity index (χ1n) is 5.83. The summed E-state index contributed by atoms with van der Waals surface area (Å²) < 4.78 is 0.484. The smallest absolute Gasteiger partial charge is 0.295 e. The lowest BCUT2D eigenvalue weighted by molar-refractivity contribution is -0.135. The second-order valence-corrected chi connectivity index (χ2v) is 5.95. The Morgan fingerprint density at radius 2 is 1.68 bits per heavy atom. The highest BCUT2D eigenvalue weighted by molar-refractivity contribution is 7.18. The van der Waals surface area contributed by atoms with Gasteiger partial charge in [0.25, 0.3) is 11.7 Å². The van der Waals surface area contributed by atoms with Crippen LogP contribution in [0.3, 0.4) is 0 Å². The monoisotopic (exact) mass is 300 g/mol. The molecule has 0 aromatic carbocycles. The molecule has 0 saturated carbocycles. The summed E-state index contributed by atoms with van der Waals surface area (Å²) in [5.74, 6) is -1.07. The molecule has 1 aliphatic heterocycles. The van der Waals surface area contributed by atoms with E-state index in [1.807, 2.05) is 0 Å². The van der Waals surface area contributed by atoms with Gasteiger partial charge < -0.3 is 9.80 Å². The molecule has 102 valence electrons. The van der Waals surface area contributed by atoms with Crippen LogP contribution in [0, 0.1) is 0 Å². The molecule has 0 unspecified atom stereocenters. The first-order valence-corrected chi connectivity index (χ1v) is 7.03. The number of carbonyl (C=O) groups excluding carboxylic acids is 3. The molecule has 2 amide bonds. The summed E-state index contributed by atoms with van der Waals surface area (Å²) in [4.78, 5) is 38.6. The van der Waals surface area contributed by atoms with Crippen molar-refractivity contribution >= 4 is 40.5 Å². The van der Waals surface area contributed by atoms with E-state index in [1.165, 1.54) is 11.8 Å². The zero-order valence-electron chi connectivity index (χ0n) is 10.4. The quantitative estimate of drug-likeness (QED) is 0.610. The van der Waals surface area contributed by atoms with Gasteiger partial charge in [-0.3, -0.25) is 14.4 Å². The summed E-state index contributed by atoms with van der Waals surface area (Å²) in [6.07, 6.45) is 0. The maximum absolute atomic E-state index is 12.0. The van der Waals surface area contributed by atoms with Crippen molar-refractivity contribution in [2.24, 2.45) is 0 Å². The molecule has 0 radical (unpaired) electrons. The molecule has 0 spiro atoms. The lowest BCUT2D eigenvalue weighted by Crippen LogP contribution is -2.51. The van der Waals surface area contributed by atoms with Crippen LogP contribution in [0.2, 0.25) is 4.34 Å². The highest BCUT2D eigenvalue weighted by Crippen LogP contribution is 2.22. The average molecular weight is 301 g/mol. The molecular formula is C12H13ClN2O3S. The molecule has 5 nitrogen and oxygen atoms in total. The standard InChI is InChI=1S/C12H13ClN2O3S/c1-8(16)14-4-6-15(7-5-14)12(18)11(17)9-2-3-10(13)19-9/h2-3H,4-7H2,1H3. The van der Waals surface area contributed by atoms with Gasteiger partial charge in [-0.25, -0.2) is 0 Å². The fourth-order valence-electron chi connectivity index (χ4n) is 1.91. The predicted molar refractivity (Wildman–Crippen MR) is 72.5 cm³/mol. The van der Waals surface area contributed by atoms with Crippen LogP contribution in [0.4, 0.5) is 0 Å². The van der Waals surface area contributed by atoms with Gasteiger partial charge in [0.15, 0.2) is 0 Å². The average Bonchev–Trinajstić information content (AvgIpc) is 2.84. The highest BCUT2D eigenvalue weighted by atomic mass is 35.5. The Hall–Kier alpha value is -1.40. The number of piperazine rings is 1. The van der Waals surface area contributed by atoms with Crippen molar-refractivity contribution in [2.45, 2.75) is 6.92 Å². The summed E-state index contributed by atoms with van der Waals surface area (Å²) in [5, 5.41) is 0. The maximum Gasteiger partial charge on any atom is 0.295 e. The third-order valence-corrected chi connectivity index (χ3v) is 4.23. The van der Waals surface area contributed by atoms with Crippen LogP contribution < -0.4 is 0 Å². The molecule has 19 heavy (non-hydrogen) atoms. The van der Waals surface area contributed by atoms with Crippen LogP contribution in [0.5, 0.6) is 0 Å². The van der Waals surface area contributed by atoms with Gasteiger partial charge in [0.1, 0.15) is 0 Å². The Bertz CT molecular complexity index is 521. The lowest BCUT2D eigenvalue weighted by Gasteiger charge is -2.33. The van der Waals surface area contributed by atoms with E-state index >= 15 is 0 Å². The SMILES string of the molecule is CC(=O)N1CCN(C(=O)C(=O)c2ccc(Cl)s2)CC1. The van der Waals surface area contributed by atoms with E-state index in [0.717, 1.165) is 11.3 Å². The number of Topliss-reactive ketones (excluding diaryl/α,β-unsaturated/α-hetero) is 1. The number of hydrogen-bond donors (Lipinski definition) is 0. The second kappa shape index (κ2) is 5.71. The fraction of sp³-hybridized carbons (Fsp3) is 0.417. The van der Waals surface area contributed by atoms with Crippen LogP contribution in [-0.2, 0) is 9.59 Å². The Labute approximate surface area is 119 Å². The van der Waals surface area contributed by atoms with Gasteiger partial charge >= 0.3 is 0 Å². The first-order chi connectivity index (χ1) is 8.99. The molecule has 2 heterocycles. The molecule has 0 N–H and O–H groups in total. The van der Waals surface area contributed by atoms with Gasteiger partial charge in [-0.05, 0) is 12.1 Å². The minimum Gasteiger partial charge on any atom is -0.339 e. The van der Waals surface area contributed by atoms with E-state index in [-0.39, 0.29) is 5.91 Å². The van der Waals surface area contributed by atoms with Gasteiger partial charge in [0, 0.05) is 33.1 Å². The number of thiophene rings is 1. The minimum atomic E-state index is -0.534. The van der Waals surface area contributed by atoms with Crippen molar-refractivity contribution in [3.05, 3.63) is 21.3 Å². The third kappa shape index (κ3) is 3.13. The molecule has 1 aliphatic rings. The minimum absolute atomic E-state index is 0.0107. The largest absolute Gasteiger partial charge is 0.339 e. The molecule has 1 fully saturated rings. The van der Waals surface area contributed by atoms with Crippen molar-refractivity contribution in [3.63, 3.8) is 0 Å². The number of rotatable bonds is 2. The van der Waals surface area contributed by atoms with E-state index in [1.54, 1.807) is 17.0 Å². The number of carbonyl (C=O) groups is 3. The van der Waals surface area contributed by atoms with Crippen molar-refractivity contribution in [3.8, 4) is 0 Å². The van der Waals surface area contributed by atoms with Gasteiger partial charge in [-0.15, -0.1) is 11.3 Å². The Morgan fingerprint density at radius 1 is 1.11 bits per heavy atom. The van der Waals surface area contributed by atoms with Crippen LogP contribution in [0.25, 0.3) is 0 Å². The molecule has 7 heteroatoms. The van der Waals surface area contributed by atoms with Crippen molar-refractivity contribution in [1.82, 2.24) is 9.80 Å². The van der Waals surface area contributed by atoms with Crippen molar-refractivity contribution in [2.75, 3.05) is 26.2 Å². The Kier molecular flexibility index (Phi) is 4.21. The summed E-state index contributed by atoms with van der Waals surface area (Å²) in [6, 6.07) is 3.15. The highest BCUT2D eigenvalue weighted by Gasteiger charge is 2.28. The summed E-state index contributed by atoms with van der Waals surface area (Å²) in [7, 11) is 0. The molecule has 1 aromatic rings. The Balaban J connectivity index is 1.98. The Morgan fingerprint density at radius 3 is 2.16 bits per heavy atom. The number of nitrogens with zero attached hydrogens (tertiary/aromatic N) is 2. The fourth-order valence-corrected chi connectivity index (χ4v) is 2.88. The molecule has 0 atom stereocenters. The normalized spacial score (nSPS) is 15.5. The van der Waals surface area contributed by atoms with E-state index in [4.69, 9.17) is 11.6 Å². The summed E-state index contributed by atoms with van der Waals surface area (Å²) >= 11 is 6.84. The molecule has 0 aliphatic carbocycles. The van der Waals surface area contributed by atoms with Crippen LogP contribution in [0.15, 0.2) is 12.1 Å². The maximum atomic E-state index is 12.0. The number of amides is 2. The molecular weight excluding hydrogens is 288 g/mol. The van der Waals surface area contributed by atoms with Crippen LogP contribution >= 0.6 is 22.9 Å². The second-order valence-electron chi connectivity index (χ2n) is 4.23. The van der Waals surface area contributed by atoms with E-state index in [2.05, 4.69) is 0 Å². The predicted octanol–water partition coefficient (Wildman–Crippen LogP) is 1.27. The topological polar surface area (TPSA) is 57.7 Å². The number of hydrogen-bond acceptors (Lipinski definition) is 4. The van der Waals surface area contributed by atoms with Crippen LogP contribution in [0.1, 0.15) is 16.6 Å². The van der Waals surface area contributed by atoms with Gasteiger partial charge in [-0.2, -0.15) is 0 Å². The number of ketones is 1. The van der Waals surface area contributed by atoms with E-state index < -0.39 is 11.7 Å². The molecule has 2 rings (SSSR count). The van der Waals surface area contributed by atoms with Gasteiger partial charge in [0.05, 0.1) is 9.21 Å².